The highest BCUT2D eigenvalue weighted by atomic mass is 15.3. The van der Waals surface area contributed by atoms with Crippen LogP contribution < -0.4 is 5.73 Å². The lowest BCUT2D eigenvalue weighted by Gasteiger charge is -2.20. The van der Waals surface area contributed by atoms with Crippen molar-refractivity contribution in [3.8, 4) is 0 Å². The first-order valence-electron chi connectivity index (χ1n) is 5.50. The summed E-state index contributed by atoms with van der Waals surface area (Å²) in [6.07, 6.45) is 3.88. The van der Waals surface area contributed by atoms with Crippen LogP contribution in [-0.4, -0.2) is 9.78 Å². The average Bonchev–Trinajstić information content (AvgIpc) is 2.75. The minimum atomic E-state index is -0.0273. The predicted molar refractivity (Wildman–Crippen MR) is 65.0 cm³/mol. The van der Waals surface area contributed by atoms with Crippen LogP contribution in [0.2, 0.25) is 0 Å². The molecule has 0 saturated heterocycles. The molecule has 0 radical (unpaired) electrons. The Morgan fingerprint density at radius 3 is 2.50 bits per heavy atom. The number of hydrogen-bond acceptors (Lipinski definition) is 2. The molecule has 1 aromatic heterocycles. The zero-order chi connectivity index (χ0) is 11.5. The molecule has 0 aliphatic rings. The predicted octanol–water partition coefficient (Wildman–Crippen LogP) is 2.45. The minimum absolute atomic E-state index is 0.0273. The third-order valence-electron chi connectivity index (χ3n) is 2.85. The smallest absolute Gasteiger partial charge is 0.0683 e. The molecule has 16 heavy (non-hydrogen) atoms. The molecule has 0 saturated carbocycles. The summed E-state index contributed by atoms with van der Waals surface area (Å²) in [6, 6.07) is 10.3. The number of nitrogens with two attached hydrogens (primary N) is 1. The third kappa shape index (κ3) is 2.14. The lowest BCUT2D eigenvalue weighted by atomic mass is 10.0. The van der Waals surface area contributed by atoms with Gasteiger partial charge in [-0.25, -0.2) is 0 Å². The fourth-order valence-corrected chi connectivity index (χ4v) is 1.77. The van der Waals surface area contributed by atoms with Crippen LogP contribution in [0.4, 0.5) is 0 Å². The SMILES string of the molecule is Cc1cnn(C(C)C(N)c2ccccc2)c1. The number of benzene rings is 1. The summed E-state index contributed by atoms with van der Waals surface area (Å²) in [5.41, 5.74) is 8.52. The number of aromatic nitrogens is 2. The van der Waals surface area contributed by atoms with Crippen LogP contribution >= 0.6 is 0 Å². The van der Waals surface area contributed by atoms with E-state index in [0.717, 1.165) is 11.1 Å². The lowest BCUT2D eigenvalue weighted by Crippen LogP contribution is -2.22. The van der Waals surface area contributed by atoms with Crippen LogP contribution in [0.25, 0.3) is 0 Å². The van der Waals surface area contributed by atoms with Gasteiger partial charge in [-0.2, -0.15) is 5.10 Å². The molecule has 2 rings (SSSR count). The summed E-state index contributed by atoms with van der Waals surface area (Å²) in [5.74, 6) is 0. The van der Waals surface area contributed by atoms with E-state index in [1.165, 1.54) is 0 Å². The van der Waals surface area contributed by atoms with Gasteiger partial charge in [-0.05, 0) is 25.0 Å². The maximum atomic E-state index is 6.22. The van der Waals surface area contributed by atoms with Gasteiger partial charge >= 0.3 is 0 Å². The van der Waals surface area contributed by atoms with Crippen molar-refractivity contribution in [2.45, 2.75) is 25.9 Å². The van der Waals surface area contributed by atoms with Crippen LogP contribution in [-0.2, 0) is 0 Å². The summed E-state index contributed by atoms with van der Waals surface area (Å²) >= 11 is 0. The van der Waals surface area contributed by atoms with Crippen LogP contribution in [0, 0.1) is 6.92 Å². The molecule has 0 spiro atoms. The Bertz CT molecular complexity index is 447. The maximum Gasteiger partial charge on any atom is 0.0683 e. The Morgan fingerprint density at radius 1 is 1.25 bits per heavy atom. The average molecular weight is 215 g/mol. The fourth-order valence-electron chi connectivity index (χ4n) is 1.77. The number of hydrogen-bond donors (Lipinski definition) is 1. The molecule has 3 nitrogen and oxygen atoms in total. The lowest BCUT2D eigenvalue weighted by molar-refractivity contribution is 0.414. The Kier molecular flexibility index (Phi) is 3.06. The van der Waals surface area contributed by atoms with Crippen LogP contribution in [0.15, 0.2) is 42.7 Å². The van der Waals surface area contributed by atoms with E-state index in [-0.39, 0.29) is 12.1 Å². The van der Waals surface area contributed by atoms with Gasteiger partial charge in [0.2, 0.25) is 0 Å². The molecule has 0 aliphatic heterocycles. The molecule has 2 unspecified atom stereocenters. The van der Waals surface area contributed by atoms with Gasteiger partial charge in [0.05, 0.1) is 18.3 Å². The summed E-state index contributed by atoms with van der Waals surface area (Å²) in [7, 11) is 0. The van der Waals surface area contributed by atoms with E-state index < -0.39 is 0 Å². The standard InChI is InChI=1S/C13H17N3/c1-10-8-15-16(9-10)11(2)13(14)12-6-4-3-5-7-12/h3-9,11,13H,14H2,1-2H3. The first kappa shape index (κ1) is 10.9. The van der Waals surface area contributed by atoms with Gasteiger partial charge in [0.1, 0.15) is 0 Å². The highest BCUT2D eigenvalue weighted by molar-refractivity contribution is 5.19. The molecular formula is C13H17N3. The number of rotatable bonds is 3. The van der Waals surface area contributed by atoms with Gasteiger partial charge in [0.15, 0.2) is 0 Å². The van der Waals surface area contributed by atoms with E-state index in [1.807, 2.05) is 42.2 Å². The highest BCUT2D eigenvalue weighted by Gasteiger charge is 2.16. The van der Waals surface area contributed by atoms with Gasteiger partial charge in [0.25, 0.3) is 0 Å². The number of aryl methyl sites for hydroxylation is 1. The molecule has 0 bridgehead atoms. The molecular weight excluding hydrogens is 198 g/mol. The van der Waals surface area contributed by atoms with Crippen LogP contribution in [0.5, 0.6) is 0 Å². The van der Waals surface area contributed by atoms with Crippen molar-refractivity contribution < 1.29 is 0 Å². The third-order valence-corrected chi connectivity index (χ3v) is 2.85. The highest BCUT2D eigenvalue weighted by Crippen LogP contribution is 2.22. The van der Waals surface area contributed by atoms with E-state index in [9.17, 15) is 0 Å². The Labute approximate surface area is 95.9 Å². The summed E-state index contributed by atoms with van der Waals surface area (Å²) in [6.45, 7) is 4.12. The van der Waals surface area contributed by atoms with E-state index in [4.69, 9.17) is 5.73 Å². The van der Waals surface area contributed by atoms with Crippen molar-refractivity contribution in [3.63, 3.8) is 0 Å². The molecule has 2 N–H and O–H groups in total. The fraction of sp³-hybridized carbons (Fsp3) is 0.308. The minimum Gasteiger partial charge on any atom is -0.322 e. The van der Waals surface area contributed by atoms with Crippen molar-refractivity contribution in [1.29, 1.82) is 0 Å². The van der Waals surface area contributed by atoms with Gasteiger partial charge < -0.3 is 5.73 Å². The molecule has 3 heteroatoms. The topological polar surface area (TPSA) is 43.8 Å². The summed E-state index contributed by atoms with van der Waals surface area (Å²) < 4.78 is 1.92. The van der Waals surface area contributed by atoms with Gasteiger partial charge in [-0.3, -0.25) is 4.68 Å². The molecule has 0 aliphatic carbocycles. The molecule has 0 amide bonds. The monoisotopic (exact) mass is 215 g/mol. The molecule has 84 valence electrons. The van der Waals surface area contributed by atoms with Crippen LogP contribution in [0.3, 0.4) is 0 Å². The van der Waals surface area contributed by atoms with Crippen molar-refractivity contribution in [1.82, 2.24) is 9.78 Å². The van der Waals surface area contributed by atoms with E-state index >= 15 is 0 Å². The number of nitrogens with zero attached hydrogens (tertiary/aromatic N) is 2. The molecule has 2 aromatic rings. The largest absolute Gasteiger partial charge is 0.322 e. The first-order chi connectivity index (χ1) is 7.68. The van der Waals surface area contributed by atoms with Gasteiger partial charge in [-0.1, -0.05) is 30.3 Å². The van der Waals surface area contributed by atoms with Crippen molar-refractivity contribution in [3.05, 3.63) is 53.9 Å². The second-order valence-electron chi connectivity index (χ2n) is 4.17. The second kappa shape index (κ2) is 4.49. The molecule has 1 heterocycles. The zero-order valence-corrected chi connectivity index (χ0v) is 9.67. The molecule has 2 atom stereocenters. The van der Waals surface area contributed by atoms with Gasteiger partial charge in [0, 0.05) is 6.20 Å². The van der Waals surface area contributed by atoms with Crippen molar-refractivity contribution in [2.75, 3.05) is 0 Å². The normalized spacial score (nSPS) is 14.7. The molecule has 1 aromatic carbocycles. The van der Waals surface area contributed by atoms with Gasteiger partial charge in [-0.15, -0.1) is 0 Å². The summed E-state index contributed by atoms with van der Waals surface area (Å²) in [5, 5.41) is 4.30. The Morgan fingerprint density at radius 2 is 1.94 bits per heavy atom. The Hall–Kier alpha value is -1.61. The zero-order valence-electron chi connectivity index (χ0n) is 9.67. The second-order valence-corrected chi connectivity index (χ2v) is 4.17. The summed E-state index contributed by atoms with van der Waals surface area (Å²) in [4.78, 5) is 0. The van der Waals surface area contributed by atoms with Crippen LogP contribution in [0.1, 0.15) is 30.1 Å². The first-order valence-corrected chi connectivity index (χ1v) is 5.50. The van der Waals surface area contributed by atoms with E-state index in [2.05, 4.69) is 24.2 Å². The quantitative estimate of drug-likeness (QED) is 0.854. The van der Waals surface area contributed by atoms with Crippen molar-refractivity contribution >= 4 is 0 Å². The maximum absolute atomic E-state index is 6.22. The van der Waals surface area contributed by atoms with E-state index in [0.29, 0.717) is 0 Å². The Balaban J connectivity index is 2.19. The van der Waals surface area contributed by atoms with Crippen molar-refractivity contribution in [2.24, 2.45) is 5.73 Å². The van der Waals surface area contributed by atoms with E-state index in [1.54, 1.807) is 0 Å². The molecule has 0 fully saturated rings.